The summed E-state index contributed by atoms with van der Waals surface area (Å²) in [6.45, 7) is 0.330. The smallest absolute Gasteiger partial charge is 0.149 e. The molecule has 1 aromatic heterocycles. The average molecular weight is 450 g/mol. The van der Waals surface area contributed by atoms with Crippen molar-refractivity contribution in [2.75, 3.05) is 7.11 Å². The molecule has 0 saturated carbocycles. The predicted molar refractivity (Wildman–Crippen MR) is 123 cm³/mol. The first-order valence-corrected chi connectivity index (χ1v) is 10.1. The first-order chi connectivity index (χ1) is 15.1. The van der Waals surface area contributed by atoms with Crippen molar-refractivity contribution < 1.29 is 9.47 Å². The summed E-state index contributed by atoms with van der Waals surface area (Å²) in [5.74, 6) is 1.92. The van der Waals surface area contributed by atoms with Crippen molar-refractivity contribution in [3.8, 4) is 17.6 Å². The zero-order valence-electron chi connectivity index (χ0n) is 16.5. The van der Waals surface area contributed by atoms with Gasteiger partial charge in [0, 0.05) is 21.7 Å². The Balaban J connectivity index is 1.50. The molecule has 0 aliphatic carbocycles. The number of methoxy groups -OCH3 is 1. The summed E-state index contributed by atoms with van der Waals surface area (Å²) < 4.78 is 11.0. The van der Waals surface area contributed by atoms with E-state index in [9.17, 15) is 5.26 Å². The van der Waals surface area contributed by atoms with Crippen LogP contribution in [0.5, 0.6) is 11.5 Å². The van der Waals surface area contributed by atoms with E-state index in [1.807, 2.05) is 48.5 Å². The highest BCUT2D eigenvalue weighted by Crippen LogP contribution is 2.25. The van der Waals surface area contributed by atoms with Gasteiger partial charge in [0.2, 0.25) is 0 Å². The van der Waals surface area contributed by atoms with Gasteiger partial charge in [0.05, 0.1) is 23.7 Å². The predicted octanol–water partition coefficient (Wildman–Crippen LogP) is 6.52. The fraction of sp³-hybridized carbons (Fsp3) is 0.0833. The number of benzene rings is 3. The van der Waals surface area contributed by atoms with Crippen molar-refractivity contribution in [1.29, 1.82) is 5.26 Å². The maximum atomic E-state index is 9.63. The minimum absolute atomic E-state index is 0.330. The molecule has 3 aromatic carbocycles. The van der Waals surface area contributed by atoms with E-state index in [4.69, 9.17) is 32.7 Å². The van der Waals surface area contributed by atoms with Crippen LogP contribution in [0.2, 0.25) is 10.0 Å². The van der Waals surface area contributed by atoms with Crippen molar-refractivity contribution in [2.45, 2.75) is 6.61 Å². The maximum absolute atomic E-state index is 9.63. The molecular formula is C24H17Cl2N3O2. The Labute approximate surface area is 189 Å². The van der Waals surface area contributed by atoms with Gasteiger partial charge in [-0.25, -0.2) is 4.98 Å². The van der Waals surface area contributed by atoms with Gasteiger partial charge in [-0.3, -0.25) is 0 Å². The molecule has 5 nitrogen and oxygen atoms in total. The second-order valence-electron chi connectivity index (χ2n) is 6.73. The number of halogens is 2. The largest absolute Gasteiger partial charge is 0.497 e. The van der Waals surface area contributed by atoms with E-state index in [0.29, 0.717) is 33.8 Å². The third kappa shape index (κ3) is 4.83. The number of ether oxygens (including phenoxy) is 2. The van der Waals surface area contributed by atoms with E-state index >= 15 is 0 Å². The van der Waals surface area contributed by atoms with Gasteiger partial charge < -0.3 is 14.5 Å². The van der Waals surface area contributed by atoms with Crippen LogP contribution >= 0.6 is 23.2 Å². The van der Waals surface area contributed by atoms with Crippen LogP contribution in [0.15, 0.2) is 60.7 Å². The molecule has 0 bridgehead atoms. The number of fused-ring (bicyclic) bond motifs is 1. The topological polar surface area (TPSA) is 70.9 Å². The number of hydrogen-bond acceptors (Lipinski definition) is 4. The molecule has 31 heavy (non-hydrogen) atoms. The molecule has 0 unspecified atom stereocenters. The van der Waals surface area contributed by atoms with Gasteiger partial charge in [-0.05, 0) is 48.0 Å². The molecule has 1 heterocycles. The number of nitrogens with one attached hydrogen (secondary N) is 1. The number of aromatic nitrogens is 2. The Morgan fingerprint density at radius 3 is 2.55 bits per heavy atom. The first-order valence-electron chi connectivity index (χ1n) is 9.38. The zero-order chi connectivity index (χ0) is 21.8. The van der Waals surface area contributed by atoms with Crippen LogP contribution in [0.4, 0.5) is 0 Å². The van der Waals surface area contributed by atoms with Crippen LogP contribution in [0, 0.1) is 11.3 Å². The Morgan fingerprint density at radius 2 is 1.84 bits per heavy atom. The lowest BCUT2D eigenvalue weighted by Crippen LogP contribution is -1.96. The Hall–Kier alpha value is -3.46. The quantitative estimate of drug-likeness (QED) is 0.340. The van der Waals surface area contributed by atoms with Crippen molar-refractivity contribution in [1.82, 2.24) is 9.97 Å². The van der Waals surface area contributed by atoms with Crippen molar-refractivity contribution in [2.24, 2.45) is 0 Å². The molecule has 0 radical (unpaired) electrons. The lowest BCUT2D eigenvalue weighted by Gasteiger charge is -2.08. The molecular weight excluding hydrogens is 433 g/mol. The van der Waals surface area contributed by atoms with Crippen LogP contribution < -0.4 is 9.47 Å². The number of nitrogens with zero attached hydrogens (tertiary/aromatic N) is 2. The van der Waals surface area contributed by atoms with E-state index in [0.717, 1.165) is 27.9 Å². The summed E-state index contributed by atoms with van der Waals surface area (Å²) in [6, 6.07) is 20.5. The minimum Gasteiger partial charge on any atom is -0.497 e. The van der Waals surface area contributed by atoms with Gasteiger partial charge in [0.25, 0.3) is 0 Å². The highest BCUT2D eigenvalue weighted by molar-refractivity contribution is 6.35. The Bertz CT molecular complexity index is 1300. The second kappa shape index (κ2) is 9.13. The maximum Gasteiger partial charge on any atom is 0.149 e. The number of hydrogen-bond donors (Lipinski definition) is 1. The molecule has 0 atom stereocenters. The van der Waals surface area contributed by atoms with Crippen LogP contribution in [0.1, 0.15) is 17.0 Å². The highest BCUT2D eigenvalue weighted by Gasteiger charge is 2.09. The average Bonchev–Trinajstić information content (AvgIpc) is 3.20. The Morgan fingerprint density at radius 1 is 1.06 bits per heavy atom. The molecule has 1 N–H and O–H groups in total. The van der Waals surface area contributed by atoms with Gasteiger partial charge in [0.15, 0.2) is 0 Å². The summed E-state index contributed by atoms with van der Waals surface area (Å²) in [6.07, 6.45) is 1.77. The number of aromatic amines is 1. The molecule has 7 heteroatoms. The van der Waals surface area contributed by atoms with E-state index in [2.05, 4.69) is 16.0 Å². The Kier molecular flexibility index (Phi) is 6.13. The number of H-pyrrole nitrogens is 1. The monoisotopic (exact) mass is 449 g/mol. The van der Waals surface area contributed by atoms with Crippen LogP contribution in [-0.2, 0) is 6.61 Å². The third-order valence-electron chi connectivity index (χ3n) is 4.67. The molecule has 154 valence electrons. The summed E-state index contributed by atoms with van der Waals surface area (Å²) in [5.41, 5.74) is 3.70. The fourth-order valence-corrected chi connectivity index (χ4v) is 3.49. The zero-order valence-corrected chi connectivity index (χ0v) is 18.0. The molecule has 0 aliphatic heterocycles. The molecule has 0 spiro atoms. The van der Waals surface area contributed by atoms with E-state index in [1.165, 1.54) is 0 Å². The number of allylic oxidation sites excluding steroid dienone is 1. The summed E-state index contributed by atoms with van der Waals surface area (Å²) in [4.78, 5) is 7.67. The van der Waals surface area contributed by atoms with E-state index < -0.39 is 0 Å². The van der Waals surface area contributed by atoms with E-state index in [-0.39, 0.29) is 0 Å². The SMILES string of the molecule is COc1ccc2nc(/C(C#N)=C\c3ccc(OCc4ccc(Cl)cc4Cl)cc3)[nH]c2c1. The van der Waals surface area contributed by atoms with Gasteiger partial charge in [-0.1, -0.05) is 41.4 Å². The normalized spacial score (nSPS) is 11.4. The molecule has 0 fully saturated rings. The molecule has 4 rings (SSSR count). The summed E-state index contributed by atoms with van der Waals surface area (Å²) in [7, 11) is 1.61. The molecule has 4 aromatic rings. The van der Waals surface area contributed by atoms with Gasteiger partial charge in [-0.15, -0.1) is 0 Å². The van der Waals surface area contributed by atoms with Crippen molar-refractivity contribution in [3.05, 3.63) is 87.7 Å². The lowest BCUT2D eigenvalue weighted by molar-refractivity contribution is 0.306. The van der Waals surface area contributed by atoms with Gasteiger partial charge in [-0.2, -0.15) is 5.26 Å². The lowest BCUT2D eigenvalue weighted by atomic mass is 10.1. The van der Waals surface area contributed by atoms with Crippen LogP contribution in [0.3, 0.4) is 0 Å². The van der Waals surface area contributed by atoms with Gasteiger partial charge in [0.1, 0.15) is 30.0 Å². The number of nitriles is 1. The summed E-state index contributed by atoms with van der Waals surface area (Å²) >= 11 is 12.1. The van der Waals surface area contributed by atoms with Crippen LogP contribution in [-0.4, -0.2) is 17.1 Å². The molecule has 0 aliphatic rings. The second-order valence-corrected chi connectivity index (χ2v) is 7.58. The van der Waals surface area contributed by atoms with Crippen LogP contribution in [0.25, 0.3) is 22.7 Å². The standard InChI is InChI=1S/C24H17Cl2N3O2/c1-30-20-8-9-22-23(12-20)29-24(28-22)17(13-27)10-15-2-6-19(7-3-15)31-14-16-4-5-18(25)11-21(16)26/h2-12H,14H2,1H3,(H,28,29)/b17-10-. The summed E-state index contributed by atoms with van der Waals surface area (Å²) in [5, 5.41) is 10.8. The van der Waals surface area contributed by atoms with E-state index in [1.54, 1.807) is 25.3 Å². The minimum atomic E-state index is 0.330. The van der Waals surface area contributed by atoms with Crippen molar-refractivity contribution in [3.63, 3.8) is 0 Å². The highest BCUT2D eigenvalue weighted by atomic mass is 35.5. The molecule has 0 amide bonds. The van der Waals surface area contributed by atoms with Gasteiger partial charge >= 0.3 is 0 Å². The number of rotatable bonds is 6. The fourth-order valence-electron chi connectivity index (χ4n) is 3.02. The third-order valence-corrected chi connectivity index (χ3v) is 5.25. The van der Waals surface area contributed by atoms with Crippen molar-refractivity contribution >= 4 is 45.9 Å². The molecule has 0 saturated heterocycles. The number of imidazole rings is 1. The first kappa shape index (κ1) is 20.8.